The van der Waals surface area contributed by atoms with Gasteiger partial charge in [0.25, 0.3) is 0 Å². The van der Waals surface area contributed by atoms with Crippen molar-refractivity contribution in [3.05, 3.63) is 46.3 Å². The molecule has 0 spiro atoms. The van der Waals surface area contributed by atoms with Crippen LogP contribution >= 0.6 is 0 Å². The lowest BCUT2D eigenvalue weighted by Crippen LogP contribution is -2.24. The summed E-state index contributed by atoms with van der Waals surface area (Å²) in [6, 6.07) is 6.40. The quantitative estimate of drug-likeness (QED) is 0.648. The summed E-state index contributed by atoms with van der Waals surface area (Å²) in [5.41, 5.74) is 13.7. The first-order valence-corrected chi connectivity index (χ1v) is 9.35. The molecule has 0 unspecified atom stereocenters. The molecule has 1 heterocycles. The van der Waals surface area contributed by atoms with Crippen LogP contribution in [-0.2, 0) is 39.3 Å². The number of hydrogen-bond acceptors (Lipinski definition) is 2. The number of anilines is 1. The number of benzene rings is 1. The summed E-state index contributed by atoms with van der Waals surface area (Å²) in [5, 5.41) is 8.00. The predicted molar refractivity (Wildman–Crippen MR) is 104 cm³/mol. The fraction of sp³-hybridized carbons (Fsp3) is 0.500. The van der Waals surface area contributed by atoms with Crippen molar-refractivity contribution in [3.63, 3.8) is 0 Å². The summed E-state index contributed by atoms with van der Waals surface area (Å²) >= 11 is 0. The zero-order valence-electron chi connectivity index (χ0n) is 15.6. The molecule has 2 aromatic rings. The molecule has 0 amide bonds. The monoisotopic (exact) mass is 339 g/mol. The van der Waals surface area contributed by atoms with Crippen LogP contribution in [0.4, 0.5) is 5.69 Å². The molecule has 1 aliphatic carbocycles. The lowest BCUT2D eigenvalue weighted by Gasteiger charge is -2.15. The van der Waals surface area contributed by atoms with Crippen LogP contribution in [0.25, 0.3) is 0 Å². The highest BCUT2D eigenvalue weighted by atomic mass is 15.3. The lowest BCUT2D eigenvalue weighted by molar-refractivity contribution is 0.663. The first-order valence-electron chi connectivity index (χ1n) is 9.35. The molecule has 0 saturated heterocycles. The number of nitrogens with zero attached hydrogens (tertiary/aromatic N) is 3. The van der Waals surface area contributed by atoms with Crippen LogP contribution in [0.1, 0.15) is 54.8 Å². The van der Waals surface area contributed by atoms with E-state index in [2.05, 4.69) is 47.5 Å². The van der Waals surface area contributed by atoms with Crippen LogP contribution in [0.5, 0.6) is 0 Å². The molecule has 5 nitrogen and oxygen atoms in total. The molecule has 3 N–H and O–H groups in total. The highest BCUT2D eigenvalue weighted by Gasteiger charge is 2.18. The van der Waals surface area contributed by atoms with Crippen LogP contribution in [0.3, 0.4) is 0 Å². The number of fused-ring (bicyclic) bond motifs is 1. The molecule has 5 heteroatoms. The highest BCUT2D eigenvalue weighted by Crippen LogP contribution is 2.25. The van der Waals surface area contributed by atoms with Gasteiger partial charge < -0.3 is 11.1 Å². The van der Waals surface area contributed by atoms with Crippen LogP contribution in [0.2, 0.25) is 0 Å². The second-order valence-corrected chi connectivity index (χ2v) is 6.69. The third kappa shape index (κ3) is 3.70. The average molecular weight is 339 g/mol. The molecule has 0 saturated carbocycles. The van der Waals surface area contributed by atoms with Gasteiger partial charge in [0, 0.05) is 12.7 Å². The third-order valence-electron chi connectivity index (χ3n) is 5.10. The van der Waals surface area contributed by atoms with Crippen LogP contribution < -0.4 is 11.1 Å². The number of para-hydroxylation sites is 1. The minimum absolute atomic E-state index is 0.473. The van der Waals surface area contributed by atoms with E-state index in [4.69, 9.17) is 5.73 Å². The molecule has 0 radical (unpaired) electrons. The van der Waals surface area contributed by atoms with E-state index in [0.717, 1.165) is 31.4 Å². The van der Waals surface area contributed by atoms with E-state index in [9.17, 15) is 0 Å². The van der Waals surface area contributed by atoms with E-state index < -0.39 is 0 Å². The second kappa shape index (κ2) is 7.72. The van der Waals surface area contributed by atoms with Crippen molar-refractivity contribution in [2.75, 3.05) is 5.32 Å². The van der Waals surface area contributed by atoms with E-state index in [1.807, 2.05) is 11.7 Å². The molecular weight excluding hydrogens is 310 g/mol. The van der Waals surface area contributed by atoms with Gasteiger partial charge in [0.05, 0.1) is 17.9 Å². The van der Waals surface area contributed by atoms with Gasteiger partial charge in [0.15, 0.2) is 5.96 Å². The van der Waals surface area contributed by atoms with Gasteiger partial charge in [-0.2, -0.15) is 5.10 Å². The maximum absolute atomic E-state index is 6.20. The fourth-order valence-electron chi connectivity index (χ4n) is 3.68. The van der Waals surface area contributed by atoms with Gasteiger partial charge in [-0.05, 0) is 55.2 Å². The molecule has 1 aromatic carbocycles. The first-order chi connectivity index (χ1) is 12.1. The average Bonchev–Trinajstić information content (AvgIpc) is 2.95. The number of aromatic nitrogens is 2. The Balaban J connectivity index is 1.79. The van der Waals surface area contributed by atoms with E-state index in [-0.39, 0.29) is 0 Å². The number of nitrogens with one attached hydrogen (secondary N) is 1. The van der Waals surface area contributed by atoms with E-state index in [1.165, 1.54) is 40.9 Å². The van der Waals surface area contributed by atoms with Crippen LogP contribution in [0.15, 0.2) is 23.2 Å². The number of aliphatic imine (C=N–C) groups is 1. The van der Waals surface area contributed by atoms with Gasteiger partial charge in [0.2, 0.25) is 0 Å². The molecule has 3 rings (SSSR count). The number of nitrogens with two attached hydrogens (primary N) is 1. The lowest BCUT2D eigenvalue weighted by atomic mass is 9.96. The van der Waals surface area contributed by atoms with Gasteiger partial charge in [-0.3, -0.25) is 4.68 Å². The molecule has 0 bridgehead atoms. The normalized spacial score (nSPS) is 14.4. The van der Waals surface area contributed by atoms with Crippen molar-refractivity contribution < 1.29 is 0 Å². The zero-order chi connectivity index (χ0) is 17.8. The Morgan fingerprint density at radius 1 is 1.20 bits per heavy atom. The molecule has 0 atom stereocenters. The Morgan fingerprint density at radius 3 is 2.56 bits per heavy atom. The minimum atomic E-state index is 0.473. The zero-order valence-corrected chi connectivity index (χ0v) is 15.6. The fourth-order valence-corrected chi connectivity index (χ4v) is 3.68. The van der Waals surface area contributed by atoms with Crippen molar-refractivity contribution in [3.8, 4) is 0 Å². The van der Waals surface area contributed by atoms with E-state index in [1.54, 1.807) is 0 Å². The number of hydrogen-bond donors (Lipinski definition) is 2. The van der Waals surface area contributed by atoms with Crippen molar-refractivity contribution in [1.82, 2.24) is 9.78 Å². The van der Waals surface area contributed by atoms with Gasteiger partial charge >= 0.3 is 0 Å². The van der Waals surface area contributed by atoms with Crippen molar-refractivity contribution in [1.29, 1.82) is 0 Å². The van der Waals surface area contributed by atoms with Crippen molar-refractivity contribution in [2.45, 2.75) is 58.9 Å². The van der Waals surface area contributed by atoms with Gasteiger partial charge in [-0.25, -0.2) is 4.99 Å². The summed E-state index contributed by atoms with van der Waals surface area (Å²) in [7, 11) is 2.01. The topological polar surface area (TPSA) is 68.2 Å². The smallest absolute Gasteiger partial charge is 0.193 e. The standard InChI is InChI=1S/C20H29N5/c1-4-14-9-8-10-15(5-2)19(14)23-20(21)22-13-18-16-11-6-7-12-17(16)24-25(18)3/h8-10H,4-7,11-13H2,1-3H3,(H3,21,22,23). The van der Waals surface area contributed by atoms with Gasteiger partial charge in [-0.1, -0.05) is 32.0 Å². The Hall–Kier alpha value is -2.30. The van der Waals surface area contributed by atoms with E-state index in [0.29, 0.717) is 12.5 Å². The molecule has 1 aliphatic rings. The Morgan fingerprint density at radius 2 is 1.88 bits per heavy atom. The molecular formula is C20H29N5. The number of aryl methyl sites for hydroxylation is 4. The molecule has 0 aliphatic heterocycles. The predicted octanol–water partition coefficient (Wildman–Crippen LogP) is 3.35. The first kappa shape index (κ1) is 17.5. The number of rotatable bonds is 5. The summed E-state index contributed by atoms with van der Waals surface area (Å²) < 4.78 is 1.98. The molecule has 134 valence electrons. The summed E-state index contributed by atoms with van der Waals surface area (Å²) in [5.74, 6) is 0.473. The summed E-state index contributed by atoms with van der Waals surface area (Å²) in [6.07, 6.45) is 6.62. The molecule has 25 heavy (non-hydrogen) atoms. The Labute approximate surface area is 150 Å². The maximum atomic E-state index is 6.20. The summed E-state index contributed by atoms with van der Waals surface area (Å²) in [4.78, 5) is 4.60. The second-order valence-electron chi connectivity index (χ2n) is 6.69. The number of guanidine groups is 1. The van der Waals surface area contributed by atoms with Crippen LogP contribution in [-0.4, -0.2) is 15.7 Å². The molecule has 0 fully saturated rings. The largest absolute Gasteiger partial charge is 0.370 e. The third-order valence-corrected chi connectivity index (χ3v) is 5.10. The molecule has 1 aromatic heterocycles. The minimum Gasteiger partial charge on any atom is -0.370 e. The Bertz CT molecular complexity index is 750. The SMILES string of the molecule is CCc1cccc(CC)c1NC(N)=NCc1c2c(nn1C)CCCC2. The van der Waals surface area contributed by atoms with Crippen molar-refractivity contribution in [2.24, 2.45) is 17.8 Å². The van der Waals surface area contributed by atoms with Crippen molar-refractivity contribution >= 4 is 11.6 Å². The highest BCUT2D eigenvalue weighted by molar-refractivity contribution is 5.93. The maximum Gasteiger partial charge on any atom is 0.193 e. The van der Waals surface area contributed by atoms with Gasteiger partial charge in [0.1, 0.15) is 0 Å². The Kier molecular flexibility index (Phi) is 5.41. The van der Waals surface area contributed by atoms with E-state index >= 15 is 0 Å². The van der Waals surface area contributed by atoms with Crippen LogP contribution in [0, 0.1) is 0 Å². The summed E-state index contributed by atoms with van der Waals surface area (Å²) in [6.45, 7) is 4.90. The van der Waals surface area contributed by atoms with Gasteiger partial charge in [-0.15, -0.1) is 0 Å².